The zero-order valence-electron chi connectivity index (χ0n) is 23.5. The lowest BCUT2D eigenvalue weighted by Gasteiger charge is -2.37. The van der Waals surface area contributed by atoms with Gasteiger partial charge in [-0.05, 0) is 56.4 Å². The second-order valence-electron chi connectivity index (χ2n) is 10.4. The van der Waals surface area contributed by atoms with Crippen LogP contribution in [0.5, 0.6) is 0 Å². The number of aromatic nitrogens is 3. The number of amides is 1. The van der Waals surface area contributed by atoms with Crippen LogP contribution in [0.15, 0.2) is 72.0 Å². The van der Waals surface area contributed by atoms with Crippen molar-refractivity contribution in [3.63, 3.8) is 0 Å². The molecule has 1 aliphatic heterocycles. The van der Waals surface area contributed by atoms with Crippen molar-refractivity contribution in [2.75, 3.05) is 25.6 Å². The van der Waals surface area contributed by atoms with E-state index < -0.39 is 10.0 Å². The van der Waals surface area contributed by atoms with Crippen LogP contribution >= 0.6 is 0 Å². The van der Waals surface area contributed by atoms with Crippen LogP contribution in [0.2, 0.25) is 0 Å². The van der Waals surface area contributed by atoms with E-state index in [-0.39, 0.29) is 35.3 Å². The highest BCUT2D eigenvalue weighted by Gasteiger charge is 2.31. The third-order valence-corrected chi connectivity index (χ3v) is 9.11. The molecular formula is C30H35N5O5S. The molecule has 1 fully saturated rings. The monoisotopic (exact) mass is 577 g/mol. The summed E-state index contributed by atoms with van der Waals surface area (Å²) in [6, 6.07) is 16.2. The SMILES string of the molecule is COCCc1cn(S(=O)(=O)c2ccc(C)cc2)c2ncnc(N[C@@H]3CC[C@H](C)N(C(=O)OCc4ccccc4)C3)c12. The fourth-order valence-corrected chi connectivity index (χ4v) is 6.44. The Morgan fingerprint density at radius 2 is 1.83 bits per heavy atom. The van der Waals surface area contributed by atoms with Gasteiger partial charge in [-0.3, -0.25) is 0 Å². The van der Waals surface area contributed by atoms with E-state index in [9.17, 15) is 13.2 Å². The number of nitrogens with zero attached hydrogens (tertiary/aromatic N) is 4. The van der Waals surface area contributed by atoms with Crippen LogP contribution in [0.1, 0.15) is 36.5 Å². The number of fused-ring (bicyclic) bond motifs is 1. The summed E-state index contributed by atoms with van der Waals surface area (Å²) >= 11 is 0. The molecule has 3 heterocycles. The zero-order valence-corrected chi connectivity index (χ0v) is 24.3. The Hall–Kier alpha value is -3.96. The van der Waals surface area contributed by atoms with E-state index in [0.717, 1.165) is 29.5 Å². The van der Waals surface area contributed by atoms with Gasteiger partial charge in [-0.15, -0.1) is 0 Å². The van der Waals surface area contributed by atoms with Gasteiger partial charge >= 0.3 is 6.09 Å². The quantitative estimate of drug-likeness (QED) is 0.303. The maximum Gasteiger partial charge on any atom is 0.410 e. The van der Waals surface area contributed by atoms with Gasteiger partial charge in [0.15, 0.2) is 5.65 Å². The number of aryl methyl sites for hydroxylation is 1. The van der Waals surface area contributed by atoms with E-state index in [1.807, 2.05) is 44.2 Å². The molecule has 2 aromatic carbocycles. The average molecular weight is 578 g/mol. The summed E-state index contributed by atoms with van der Waals surface area (Å²) in [4.78, 5) is 23.8. The molecule has 4 aromatic rings. The van der Waals surface area contributed by atoms with Crippen molar-refractivity contribution in [3.8, 4) is 0 Å². The van der Waals surface area contributed by atoms with Crippen molar-refractivity contribution < 1.29 is 22.7 Å². The topological polar surface area (TPSA) is 116 Å². The first-order valence-corrected chi connectivity index (χ1v) is 15.1. The predicted octanol–water partition coefficient (Wildman–Crippen LogP) is 4.77. The molecule has 5 rings (SSSR count). The van der Waals surface area contributed by atoms with E-state index in [1.165, 1.54) is 10.3 Å². The molecule has 11 heteroatoms. The molecular weight excluding hydrogens is 542 g/mol. The first-order valence-electron chi connectivity index (χ1n) is 13.7. The normalized spacial score (nSPS) is 17.5. The summed E-state index contributed by atoms with van der Waals surface area (Å²) in [5.41, 5.74) is 2.94. The minimum atomic E-state index is -3.90. The lowest BCUT2D eigenvalue weighted by molar-refractivity contribution is 0.0696. The lowest BCUT2D eigenvalue weighted by Crippen LogP contribution is -2.49. The molecule has 0 radical (unpaired) electrons. The summed E-state index contributed by atoms with van der Waals surface area (Å²) < 4.78 is 39.5. The smallest absolute Gasteiger partial charge is 0.410 e. The second kappa shape index (κ2) is 12.3. The molecule has 10 nitrogen and oxygen atoms in total. The lowest BCUT2D eigenvalue weighted by atomic mass is 9.99. The molecule has 2 aromatic heterocycles. The standard InChI is InChI=1S/C30H35N5O5S/c1-21-9-13-26(14-10-21)41(37,38)35-17-24(15-16-39-3)27-28(31-20-32-29(27)35)33-25-12-11-22(2)34(18-25)30(36)40-19-23-7-5-4-6-8-23/h4-10,13-14,17,20,22,25H,11-12,15-16,18-19H2,1-3H3,(H,31,32,33)/t22-,25+/m0/s1. The molecule has 0 aliphatic carbocycles. The van der Waals surface area contributed by atoms with Crippen molar-refractivity contribution >= 4 is 33.0 Å². The van der Waals surface area contributed by atoms with Gasteiger partial charge in [0, 0.05) is 31.9 Å². The number of methoxy groups -OCH3 is 1. The van der Waals surface area contributed by atoms with Crippen LogP contribution in [0, 0.1) is 6.92 Å². The highest BCUT2D eigenvalue weighted by molar-refractivity contribution is 7.90. The Bertz CT molecular complexity index is 1610. The number of ether oxygens (including phenoxy) is 2. The first kappa shape index (κ1) is 28.6. The Morgan fingerprint density at radius 1 is 1.07 bits per heavy atom. The Labute approximate surface area is 240 Å². The molecule has 1 N–H and O–H groups in total. The van der Waals surface area contributed by atoms with Gasteiger partial charge in [-0.2, -0.15) is 0 Å². The van der Waals surface area contributed by atoms with Gasteiger partial charge in [0.1, 0.15) is 18.8 Å². The Balaban J connectivity index is 1.41. The molecule has 1 aliphatic rings. The number of piperidine rings is 1. The van der Waals surface area contributed by atoms with E-state index in [4.69, 9.17) is 9.47 Å². The van der Waals surface area contributed by atoms with E-state index in [0.29, 0.717) is 30.8 Å². The van der Waals surface area contributed by atoms with Crippen molar-refractivity contribution in [3.05, 3.63) is 83.8 Å². The number of anilines is 1. The zero-order chi connectivity index (χ0) is 29.0. The Kier molecular flexibility index (Phi) is 8.55. The molecule has 2 atom stereocenters. The van der Waals surface area contributed by atoms with Crippen LogP contribution in [0.3, 0.4) is 0 Å². The molecule has 41 heavy (non-hydrogen) atoms. The fourth-order valence-electron chi connectivity index (χ4n) is 5.10. The average Bonchev–Trinajstić information content (AvgIpc) is 3.37. The number of carbonyl (C=O) groups is 1. The first-order chi connectivity index (χ1) is 19.8. The third kappa shape index (κ3) is 6.20. The number of carbonyl (C=O) groups excluding carboxylic acids is 1. The van der Waals surface area contributed by atoms with Gasteiger partial charge in [-0.1, -0.05) is 48.0 Å². The largest absolute Gasteiger partial charge is 0.445 e. The summed E-state index contributed by atoms with van der Waals surface area (Å²) in [6.07, 6.45) is 4.68. The third-order valence-electron chi connectivity index (χ3n) is 7.45. The Morgan fingerprint density at radius 3 is 2.56 bits per heavy atom. The molecule has 0 unspecified atom stereocenters. The minimum absolute atomic E-state index is 0.0275. The van der Waals surface area contributed by atoms with Gasteiger partial charge < -0.3 is 19.7 Å². The number of nitrogens with one attached hydrogen (secondary N) is 1. The minimum Gasteiger partial charge on any atom is -0.445 e. The van der Waals surface area contributed by atoms with Crippen LogP contribution in [0.4, 0.5) is 10.6 Å². The number of likely N-dealkylation sites (tertiary alicyclic amines) is 1. The number of rotatable bonds is 9. The number of hydrogen-bond donors (Lipinski definition) is 1. The van der Waals surface area contributed by atoms with Crippen LogP contribution in [0.25, 0.3) is 11.0 Å². The van der Waals surface area contributed by atoms with Crippen molar-refractivity contribution in [1.82, 2.24) is 18.8 Å². The maximum absolute atomic E-state index is 13.7. The highest BCUT2D eigenvalue weighted by atomic mass is 32.2. The molecule has 1 amide bonds. The molecule has 1 saturated heterocycles. The van der Waals surface area contributed by atoms with Gasteiger partial charge in [-0.25, -0.2) is 27.2 Å². The van der Waals surface area contributed by atoms with Crippen LogP contribution in [-0.4, -0.2) is 65.7 Å². The van der Waals surface area contributed by atoms with Crippen LogP contribution in [-0.2, 0) is 32.5 Å². The molecule has 0 saturated carbocycles. The number of benzene rings is 2. The van der Waals surface area contributed by atoms with Crippen LogP contribution < -0.4 is 5.32 Å². The molecule has 0 bridgehead atoms. The van der Waals surface area contributed by atoms with Gasteiger partial charge in [0.05, 0.1) is 16.9 Å². The maximum atomic E-state index is 13.7. The van der Waals surface area contributed by atoms with E-state index in [1.54, 1.807) is 42.5 Å². The van der Waals surface area contributed by atoms with Gasteiger partial charge in [0.2, 0.25) is 0 Å². The summed E-state index contributed by atoms with van der Waals surface area (Å²) in [7, 11) is -2.30. The van der Waals surface area contributed by atoms with Crippen molar-refractivity contribution in [1.29, 1.82) is 0 Å². The van der Waals surface area contributed by atoms with Gasteiger partial charge in [0.25, 0.3) is 10.0 Å². The van der Waals surface area contributed by atoms with Crippen molar-refractivity contribution in [2.24, 2.45) is 0 Å². The second-order valence-corrected chi connectivity index (χ2v) is 12.2. The fraction of sp³-hybridized carbons (Fsp3) is 0.367. The van der Waals surface area contributed by atoms with E-state index in [2.05, 4.69) is 15.3 Å². The summed E-state index contributed by atoms with van der Waals surface area (Å²) in [5.74, 6) is 0.524. The van der Waals surface area contributed by atoms with Crippen molar-refractivity contribution in [2.45, 2.75) is 56.7 Å². The number of hydrogen-bond acceptors (Lipinski definition) is 8. The van der Waals surface area contributed by atoms with E-state index >= 15 is 0 Å². The predicted molar refractivity (Wildman–Crippen MR) is 156 cm³/mol. The molecule has 216 valence electrons. The molecule has 0 spiro atoms. The summed E-state index contributed by atoms with van der Waals surface area (Å²) in [5, 5.41) is 4.10. The summed E-state index contributed by atoms with van der Waals surface area (Å²) in [6.45, 7) is 4.96. The highest BCUT2D eigenvalue weighted by Crippen LogP contribution is 2.31.